The van der Waals surface area contributed by atoms with Gasteiger partial charge in [-0.3, -0.25) is 10.1 Å². The number of carbonyl (C=O) groups is 1. The molecule has 0 aliphatic carbocycles. The lowest BCUT2D eigenvalue weighted by atomic mass is 9.98. The first-order chi connectivity index (χ1) is 10.2. The molecule has 2 rings (SSSR count). The maximum Gasteiger partial charge on any atom is 0.236 e. The summed E-state index contributed by atoms with van der Waals surface area (Å²) < 4.78 is 0. The highest BCUT2D eigenvalue weighted by Crippen LogP contribution is 2.22. The van der Waals surface area contributed by atoms with Crippen LogP contribution in [0, 0.1) is 0 Å². The molecule has 0 aromatic heterocycles. The number of benzene rings is 2. The van der Waals surface area contributed by atoms with Crippen LogP contribution < -0.4 is 10.6 Å². The summed E-state index contributed by atoms with van der Waals surface area (Å²) in [7, 11) is 0. The van der Waals surface area contributed by atoms with Crippen LogP contribution in [0.2, 0.25) is 0 Å². The first-order valence-corrected chi connectivity index (χ1v) is 7.36. The molecular formula is C18H22N2O. The zero-order valence-electron chi connectivity index (χ0n) is 12.5. The molecule has 2 aromatic rings. The van der Waals surface area contributed by atoms with Gasteiger partial charge in [-0.2, -0.15) is 0 Å². The first-order valence-electron chi connectivity index (χ1n) is 7.36. The summed E-state index contributed by atoms with van der Waals surface area (Å²) in [6, 6.07) is 20.1. The molecule has 0 radical (unpaired) electrons. The van der Waals surface area contributed by atoms with Crippen molar-refractivity contribution in [2.75, 3.05) is 6.54 Å². The fourth-order valence-corrected chi connectivity index (χ4v) is 2.33. The van der Waals surface area contributed by atoms with E-state index in [1.165, 1.54) is 0 Å². The van der Waals surface area contributed by atoms with Crippen molar-refractivity contribution in [2.45, 2.75) is 25.9 Å². The summed E-state index contributed by atoms with van der Waals surface area (Å²) >= 11 is 0. The van der Waals surface area contributed by atoms with Gasteiger partial charge in [0.1, 0.15) is 0 Å². The van der Waals surface area contributed by atoms with Crippen LogP contribution in [-0.4, -0.2) is 18.5 Å². The summed E-state index contributed by atoms with van der Waals surface area (Å²) in [5.41, 5.74) is 2.31. The largest absolute Gasteiger partial charge is 0.355 e. The smallest absolute Gasteiger partial charge is 0.236 e. The lowest BCUT2D eigenvalue weighted by Crippen LogP contribution is -2.43. The van der Waals surface area contributed by atoms with Crippen molar-refractivity contribution in [3.63, 3.8) is 0 Å². The molecule has 0 fully saturated rings. The van der Waals surface area contributed by atoms with E-state index in [9.17, 15) is 4.79 Å². The van der Waals surface area contributed by atoms with Crippen molar-refractivity contribution in [1.29, 1.82) is 0 Å². The maximum atomic E-state index is 12.0. The Bertz CT molecular complexity index is 514. The van der Waals surface area contributed by atoms with Crippen LogP contribution in [0.15, 0.2) is 60.7 Å². The lowest BCUT2D eigenvalue weighted by Gasteiger charge is -2.23. The predicted molar refractivity (Wildman–Crippen MR) is 86.0 cm³/mol. The standard InChI is InChI=1S/C18H22N2O/c1-3-19-18(21)14(2)20-17(15-10-6-4-7-11-15)16-12-8-5-9-13-16/h4-14,17,20H,3H2,1-2H3,(H,19,21)/t14-/m1/s1. The Morgan fingerprint density at radius 2 is 1.43 bits per heavy atom. The molecule has 2 aromatic carbocycles. The van der Waals surface area contributed by atoms with Gasteiger partial charge in [-0.1, -0.05) is 60.7 Å². The molecule has 0 aliphatic rings. The van der Waals surface area contributed by atoms with Gasteiger partial charge in [-0.25, -0.2) is 0 Å². The molecule has 0 unspecified atom stereocenters. The van der Waals surface area contributed by atoms with Gasteiger partial charge >= 0.3 is 0 Å². The Balaban J connectivity index is 2.23. The second-order valence-electron chi connectivity index (χ2n) is 5.04. The van der Waals surface area contributed by atoms with E-state index in [2.05, 4.69) is 34.9 Å². The molecule has 0 saturated carbocycles. The van der Waals surface area contributed by atoms with Crippen LogP contribution >= 0.6 is 0 Å². The van der Waals surface area contributed by atoms with E-state index in [4.69, 9.17) is 0 Å². The van der Waals surface area contributed by atoms with E-state index in [0.29, 0.717) is 6.54 Å². The molecule has 1 atom stereocenters. The molecular weight excluding hydrogens is 260 g/mol. The minimum atomic E-state index is -0.254. The Hall–Kier alpha value is -2.13. The summed E-state index contributed by atoms with van der Waals surface area (Å²) in [4.78, 5) is 12.0. The first kappa shape index (κ1) is 15.3. The van der Waals surface area contributed by atoms with Crippen LogP contribution in [-0.2, 0) is 4.79 Å². The van der Waals surface area contributed by atoms with E-state index < -0.39 is 0 Å². The van der Waals surface area contributed by atoms with Crippen molar-refractivity contribution in [3.8, 4) is 0 Å². The summed E-state index contributed by atoms with van der Waals surface area (Å²) in [5, 5.41) is 6.27. The minimum absolute atomic E-state index is 0.00464. The molecule has 0 saturated heterocycles. The van der Waals surface area contributed by atoms with Gasteiger partial charge < -0.3 is 5.32 Å². The van der Waals surface area contributed by atoms with Gasteiger partial charge in [0.25, 0.3) is 0 Å². The van der Waals surface area contributed by atoms with E-state index in [-0.39, 0.29) is 18.0 Å². The van der Waals surface area contributed by atoms with Gasteiger partial charge in [0.05, 0.1) is 12.1 Å². The number of carbonyl (C=O) groups excluding carboxylic acids is 1. The monoisotopic (exact) mass is 282 g/mol. The third-order valence-electron chi connectivity index (χ3n) is 3.43. The molecule has 110 valence electrons. The van der Waals surface area contributed by atoms with Crippen molar-refractivity contribution in [1.82, 2.24) is 10.6 Å². The Kier molecular flexibility index (Phi) is 5.52. The van der Waals surface area contributed by atoms with Gasteiger partial charge in [-0.15, -0.1) is 0 Å². The average molecular weight is 282 g/mol. The maximum absolute atomic E-state index is 12.0. The lowest BCUT2D eigenvalue weighted by molar-refractivity contribution is -0.122. The number of likely N-dealkylation sites (N-methyl/N-ethyl adjacent to an activating group) is 1. The van der Waals surface area contributed by atoms with E-state index in [1.54, 1.807) is 0 Å². The topological polar surface area (TPSA) is 41.1 Å². The van der Waals surface area contributed by atoms with Crippen molar-refractivity contribution in [3.05, 3.63) is 71.8 Å². The predicted octanol–water partition coefficient (Wildman–Crippen LogP) is 2.89. The number of rotatable bonds is 6. The van der Waals surface area contributed by atoms with Gasteiger partial charge in [0, 0.05) is 6.54 Å². The van der Waals surface area contributed by atoms with E-state index in [1.807, 2.05) is 50.2 Å². The molecule has 1 amide bonds. The fourth-order valence-electron chi connectivity index (χ4n) is 2.33. The second kappa shape index (κ2) is 7.60. The van der Waals surface area contributed by atoms with Crippen LogP contribution in [0.4, 0.5) is 0 Å². The number of hydrogen-bond acceptors (Lipinski definition) is 2. The van der Waals surface area contributed by atoms with Crippen LogP contribution in [0.3, 0.4) is 0 Å². The Morgan fingerprint density at radius 3 is 1.86 bits per heavy atom. The zero-order valence-corrected chi connectivity index (χ0v) is 12.5. The highest BCUT2D eigenvalue weighted by molar-refractivity contribution is 5.81. The molecule has 3 nitrogen and oxygen atoms in total. The van der Waals surface area contributed by atoms with Crippen molar-refractivity contribution >= 4 is 5.91 Å². The molecule has 0 spiro atoms. The van der Waals surface area contributed by atoms with E-state index >= 15 is 0 Å². The number of nitrogens with one attached hydrogen (secondary N) is 2. The molecule has 0 aliphatic heterocycles. The number of hydrogen-bond donors (Lipinski definition) is 2. The Morgan fingerprint density at radius 1 is 0.952 bits per heavy atom. The third kappa shape index (κ3) is 4.17. The highest BCUT2D eigenvalue weighted by atomic mass is 16.2. The second-order valence-corrected chi connectivity index (χ2v) is 5.04. The van der Waals surface area contributed by atoms with Crippen LogP contribution in [0.25, 0.3) is 0 Å². The van der Waals surface area contributed by atoms with Crippen LogP contribution in [0.1, 0.15) is 31.0 Å². The fraction of sp³-hybridized carbons (Fsp3) is 0.278. The zero-order chi connectivity index (χ0) is 15.1. The number of amides is 1. The SMILES string of the molecule is CCNC(=O)[C@@H](C)NC(c1ccccc1)c1ccccc1. The Labute approximate surface area is 126 Å². The third-order valence-corrected chi connectivity index (χ3v) is 3.43. The molecule has 3 heteroatoms. The van der Waals surface area contributed by atoms with Gasteiger partial charge in [0.15, 0.2) is 0 Å². The minimum Gasteiger partial charge on any atom is -0.355 e. The summed E-state index contributed by atoms with van der Waals surface area (Å²) in [6.45, 7) is 4.46. The average Bonchev–Trinajstić information content (AvgIpc) is 2.54. The molecule has 0 bridgehead atoms. The van der Waals surface area contributed by atoms with Crippen molar-refractivity contribution < 1.29 is 4.79 Å². The van der Waals surface area contributed by atoms with Crippen LogP contribution in [0.5, 0.6) is 0 Å². The van der Waals surface area contributed by atoms with E-state index in [0.717, 1.165) is 11.1 Å². The molecule has 2 N–H and O–H groups in total. The quantitative estimate of drug-likeness (QED) is 0.855. The highest BCUT2D eigenvalue weighted by Gasteiger charge is 2.19. The molecule has 21 heavy (non-hydrogen) atoms. The summed E-state index contributed by atoms with van der Waals surface area (Å²) in [6.07, 6.45) is 0. The van der Waals surface area contributed by atoms with Gasteiger partial charge in [0.2, 0.25) is 5.91 Å². The van der Waals surface area contributed by atoms with Crippen molar-refractivity contribution in [2.24, 2.45) is 0 Å². The van der Waals surface area contributed by atoms with Gasteiger partial charge in [-0.05, 0) is 25.0 Å². The summed E-state index contributed by atoms with van der Waals surface area (Å²) in [5.74, 6) is 0.0226. The molecule has 0 heterocycles. The normalized spacial score (nSPS) is 12.1.